The molecule has 3 aromatic carbocycles. The van der Waals surface area contributed by atoms with Gasteiger partial charge in [-0.2, -0.15) is 0 Å². The summed E-state index contributed by atoms with van der Waals surface area (Å²) in [5.41, 5.74) is 3.74. The summed E-state index contributed by atoms with van der Waals surface area (Å²) in [7, 11) is 1.63. The van der Waals surface area contributed by atoms with Crippen LogP contribution in [-0.4, -0.2) is 59.6 Å². The van der Waals surface area contributed by atoms with E-state index in [-0.39, 0.29) is 31.2 Å². The highest BCUT2D eigenvalue weighted by Gasteiger charge is 2.35. The van der Waals surface area contributed by atoms with Crippen molar-refractivity contribution in [2.45, 2.75) is 31.8 Å². The van der Waals surface area contributed by atoms with Crippen LogP contribution in [-0.2, 0) is 17.8 Å². The maximum Gasteiger partial charge on any atom is 0.254 e. The summed E-state index contributed by atoms with van der Waals surface area (Å²) in [6.07, 6.45) is 4.51. The number of nitrogens with one attached hydrogen (secondary N) is 1. The standard InChI is InChI=1S/C31H31N3O5/c1-37-25-11-6-21(7-12-25)18-33(15-14-23-17-32-27-5-3-2-4-26(23)27)30(35)19-34(24-9-10-24)31(36)22-8-13-28-29(16-22)39-20-38-28/h2-8,11-13,16-17,24,32H,9-10,14-15,18-20H2,1H3. The van der Waals surface area contributed by atoms with Gasteiger partial charge in [-0.25, -0.2) is 0 Å². The molecule has 200 valence electrons. The minimum absolute atomic E-state index is 0.0297. The molecule has 0 unspecified atom stereocenters. The second kappa shape index (κ2) is 10.7. The highest BCUT2D eigenvalue weighted by molar-refractivity contribution is 5.97. The molecule has 1 fully saturated rings. The van der Waals surface area contributed by atoms with Gasteiger partial charge in [-0.15, -0.1) is 0 Å². The third-order valence-electron chi connectivity index (χ3n) is 7.38. The lowest BCUT2D eigenvalue weighted by Gasteiger charge is -2.28. The fourth-order valence-corrected chi connectivity index (χ4v) is 5.03. The fraction of sp³-hybridized carbons (Fsp3) is 0.290. The summed E-state index contributed by atoms with van der Waals surface area (Å²) < 4.78 is 16.1. The third-order valence-corrected chi connectivity index (χ3v) is 7.38. The molecule has 0 atom stereocenters. The van der Waals surface area contributed by atoms with Crippen LogP contribution in [0, 0.1) is 0 Å². The number of hydrogen-bond donors (Lipinski definition) is 1. The van der Waals surface area contributed by atoms with Gasteiger partial charge in [0.25, 0.3) is 5.91 Å². The van der Waals surface area contributed by atoms with Gasteiger partial charge < -0.3 is 29.0 Å². The zero-order chi connectivity index (χ0) is 26.8. The van der Waals surface area contributed by atoms with Gasteiger partial charge in [-0.1, -0.05) is 30.3 Å². The Morgan fingerprint density at radius 3 is 2.59 bits per heavy atom. The van der Waals surface area contributed by atoms with Crippen LogP contribution in [0.1, 0.15) is 34.3 Å². The molecule has 1 aliphatic heterocycles. The van der Waals surface area contributed by atoms with Gasteiger partial charge in [0.15, 0.2) is 11.5 Å². The molecule has 0 spiro atoms. The molecule has 6 rings (SSSR count). The van der Waals surface area contributed by atoms with E-state index in [2.05, 4.69) is 11.1 Å². The molecule has 4 aromatic rings. The van der Waals surface area contributed by atoms with Crippen molar-refractivity contribution in [3.63, 3.8) is 0 Å². The van der Waals surface area contributed by atoms with Crippen molar-refractivity contribution >= 4 is 22.7 Å². The van der Waals surface area contributed by atoms with E-state index in [1.165, 1.54) is 0 Å². The summed E-state index contributed by atoms with van der Waals surface area (Å²) in [6.45, 7) is 1.15. The van der Waals surface area contributed by atoms with Crippen LogP contribution in [0.2, 0.25) is 0 Å². The van der Waals surface area contributed by atoms with Crippen LogP contribution in [0.4, 0.5) is 0 Å². The first-order chi connectivity index (χ1) is 19.1. The molecule has 8 nitrogen and oxygen atoms in total. The monoisotopic (exact) mass is 525 g/mol. The Bertz CT molecular complexity index is 1490. The summed E-state index contributed by atoms with van der Waals surface area (Å²) in [5, 5.41) is 1.16. The number of H-pyrrole nitrogens is 1. The summed E-state index contributed by atoms with van der Waals surface area (Å²) in [6, 6.07) is 21.2. The molecule has 0 bridgehead atoms. The van der Waals surface area contributed by atoms with Crippen molar-refractivity contribution < 1.29 is 23.8 Å². The van der Waals surface area contributed by atoms with Crippen molar-refractivity contribution in [2.75, 3.05) is 27.0 Å². The zero-order valence-electron chi connectivity index (χ0n) is 21.9. The molecule has 2 aliphatic rings. The molecule has 0 radical (unpaired) electrons. The molecule has 1 saturated carbocycles. The Kier molecular flexibility index (Phi) is 6.84. The van der Waals surface area contributed by atoms with Crippen LogP contribution >= 0.6 is 0 Å². The van der Waals surface area contributed by atoms with Crippen molar-refractivity contribution in [2.24, 2.45) is 0 Å². The quantitative estimate of drug-likeness (QED) is 0.322. The second-order valence-corrected chi connectivity index (χ2v) is 10.0. The number of nitrogens with zero attached hydrogens (tertiary/aromatic N) is 2. The Hall–Kier alpha value is -4.46. The van der Waals surface area contributed by atoms with E-state index in [9.17, 15) is 9.59 Å². The Morgan fingerprint density at radius 1 is 1.00 bits per heavy atom. The zero-order valence-corrected chi connectivity index (χ0v) is 21.9. The first-order valence-corrected chi connectivity index (χ1v) is 13.3. The maximum absolute atomic E-state index is 13.8. The number of amides is 2. The van der Waals surface area contributed by atoms with E-state index in [1.54, 1.807) is 30.2 Å². The number of methoxy groups -OCH3 is 1. The minimum atomic E-state index is -0.162. The number of rotatable bonds is 10. The predicted molar refractivity (Wildman–Crippen MR) is 147 cm³/mol. The highest BCUT2D eigenvalue weighted by atomic mass is 16.7. The smallest absolute Gasteiger partial charge is 0.254 e. The third kappa shape index (κ3) is 5.41. The molecule has 1 aromatic heterocycles. The molecule has 8 heteroatoms. The number of benzene rings is 3. The van der Waals surface area contributed by atoms with Crippen molar-refractivity contribution in [3.8, 4) is 17.2 Å². The van der Waals surface area contributed by atoms with E-state index >= 15 is 0 Å². The van der Waals surface area contributed by atoms with E-state index < -0.39 is 0 Å². The predicted octanol–water partition coefficient (Wildman–Crippen LogP) is 4.78. The van der Waals surface area contributed by atoms with Crippen LogP contribution < -0.4 is 14.2 Å². The average molecular weight is 526 g/mol. The number of aromatic nitrogens is 1. The van der Waals surface area contributed by atoms with Crippen LogP contribution in [0.3, 0.4) is 0 Å². The van der Waals surface area contributed by atoms with Crippen LogP contribution in [0.15, 0.2) is 72.9 Å². The summed E-state index contributed by atoms with van der Waals surface area (Å²) in [5.74, 6) is 1.72. The number of para-hydroxylation sites is 1. The first-order valence-electron chi connectivity index (χ1n) is 13.3. The van der Waals surface area contributed by atoms with Gasteiger partial charge >= 0.3 is 0 Å². The highest BCUT2D eigenvalue weighted by Crippen LogP contribution is 2.34. The van der Waals surface area contributed by atoms with Crippen LogP contribution in [0.25, 0.3) is 10.9 Å². The lowest BCUT2D eigenvalue weighted by molar-refractivity contribution is -0.132. The molecule has 2 heterocycles. The van der Waals surface area contributed by atoms with Crippen LogP contribution in [0.5, 0.6) is 17.2 Å². The summed E-state index contributed by atoms with van der Waals surface area (Å²) >= 11 is 0. The topological polar surface area (TPSA) is 84.1 Å². The van der Waals surface area contributed by atoms with Gasteiger partial charge in [0, 0.05) is 41.8 Å². The first kappa shape index (κ1) is 24.9. The van der Waals surface area contributed by atoms with E-state index in [4.69, 9.17) is 14.2 Å². The normalized spacial score (nSPS) is 13.9. The van der Waals surface area contributed by atoms with E-state index in [1.807, 2.05) is 53.6 Å². The van der Waals surface area contributed by atoms with Gasteiger partial charge in [0.05, 0.1) is 7.11 Å². The molecule has 39 heavy (non-hydrogen) atoms. The molecule has 1 aliphatic carbocycles. The lowest BCUT2D eigenvalue weighted by atomic mass is 10.1. The van der Waals surface area contributed by atoms with Gasteiger partial charge in [-0.3, -0.25) is 9.59 Å². The number of carbonyl (C=O) groups is 2. The number of ether oxygens (including phenoxy) is 3. The second-order valence-electron chi connectivity index (χ2n) is 10.0. The average Bonchev–Trinajstić information content (AvgIpc) is 3.56. The molecule has 1 N–H and O–H groups in total. The number of fused-ring (bicyclic) bond motifs is 2. The number of carbonyl (C=O) groups excluding carboxylic acids is 2. The molecular weight excluding hydrogens is 494 g/mol. The minimum Gasteiger partial charge on any atom is -0.497 e. The largest absolute Gasteiger partial charge is 0.497 e. The van der Waals surface area contributed by atoms with Gasteiger partial charge in [-0.05, 0) is 66.8 Å². The Balaban J connectivity index is 1.21. The lowest BCUT2D eigenvalue weighted by Crippen LogP contribution is -2.44. The SMILES string of the molecule is COc1ccc(CN(CCc2c[nH]c3ccccc23)C(=O)CN(C(=O)c2ccc3c(c2)OCO3)C2CC2)cc1. The van der Waals surface area contributed by atoms with E-state index in [0.717, 1.165) is 40.6 Å². The van der Waals surface area contributed by atoms with Crippen molar-refractivity contribution in [3.05, 3.63) is 89.6 Å². The molecular formula is C31H31N3O5. The number of hydrogen-bond acceptors (Lipinski definition) is 5. The van der Waals surface area contributed by atoms with Gasteiger partial charge in [0.1, 0.15) is 12.3 Å². The molecule has 2 amide bonds. The Morgan fingerprint density at radius 2 is 1.79 bits per heavy atom. The van der Waals surface area contributed by atoms with E-state index in [0.29, 0.717) is 36.6 Å². The fourth-order valence-electron chi connectivity index (χ4n) is 5.03. The maximum atomic E-state index is 13.8. The number of aromatic amines is 1. The van der Waals surface area contributed by atoms with Crippen molar-refractivity contribution in [1.82, 2.24) is 14.8 Å². The van der Waals surface area contributed by atoms with Crippen molar-refractivity contribution in [1.29, 1.82) is 0 Å². The summed E-state index contributed by atoms with van der Waals surface area (Å²) in [4.78, 5) is 34.2. The molecule has 0 saturated heterocycles. The Labute approximate surface area is 227 Å². The van der Waals surface area contributed by atoms with Gasteiger partial charge in [0.2, 0.25) is 12.7 Å².